The molecule has 1 fully saturated rings. The van der Waals surface area contributed by atoms with E-state index in [2.05, 4.69) is 10.2 Å². The lowest BCUT2D eigenvalue weighted by Gasteiger charge is -2.36. The van der Waals surface area contributed by atoms with Gasteiger partial charge < -0.3 is 19.5 Å². The number of benzene rings is 2. The van der Waals surface area contributed by atoms with E-state index in [1.807, 2.05) is 36.1 Å². The molecule has 0 spiro atoms. The van der Waals surface area contributed by atoms with Crippen LogP contribution in [0.2, 0.25) is 0 Å². The fourth-order valence-electron chi connectivity index (χ4n) is 3.77. The molecule has 3 aromatic rings. The lowest BCUT2D eigenvalue weighted by molar-refractivity contribution is -0.384. The maximum atomic E-state index is 12.6. The van der Waals surface area contributed by atoms with Crippen molar-refractivity contribution in [1.82, 2.24) is 4.90 Å². The van der Waals surface area contributed by atoms with Gasteiger partial charge in [0, 0.05) is 61.7 Å². The van der Waals surface area contributed by atoms with Crippen molar-refractivity contribution < 1.29 is 18.9 Å². The van der Waals surface area contributed by atoms with E-state index in [4.69, 9.17) is 4.42 Å². The Morgan fingerprint density at radius 1 is 1.03 bits per heavy atom. The number of piperazine rings is 1. The lowest BCUT2D eigenvalue weighted by Crippen LogP contribution is -2.48. The first-order valence-electron chi connectivity index (χ1n) is 10.7. The molecule has 2 amide bonds. The molecule has 0 unspecified atom stereocenters. The van der Waals surface area contributed by atoms with Gasteiger partial charge in [-0.15, -0.1) is 0 Å². The molecule has 4 rings (SSSR count). The van der Waals surface area contributed by atoms with Crippen molar-refractivity contribution in [3.63, 3.8) is 0 Å². The minimum absolute atomic E-state index is 0.0478. The van der Waals surface area contributed by atoms with E-state index >= 15 is 0 Å². The highest BCUT2D eigenvalue weighted by atomic mass is 16.6. The van der Waals surface area contributed by atoms with E-state index in [0.29, 0.717) is 36.5 Å². The summed E-state index contributed by atoms with van der Waals surface area (Å²) in [6.07, 6.45) is 0.525. The van der Waals surface area contributed by atoms with Crippen molar-refractivity contribution in [2.24, 2.45) is 0 Å². The van der Waals surface area contributed by atoms with Gasteiger partial charge >= 0.3 is 0 Å². The SMILES string of the molecule is CCC(=O)N1CCN(c2ccc(NC(=O)c3ccc(-c4cccc([N+](=O)[O-])c4)o3)cc2)CC1. The monoisotopic (exact) mass is 448 g/mol. The molecule has 1 aliphatic heterocycles. The highest BCUT2D eigenvalue weighted by Gasteiger charge is 2.20. The topological polar surface area (TPSA) is 109 Å². The van der Waals surface area contributed by atoms with Crippen LogP contribution in [0.25, 0.3) is 11.3 Å². The van der Waals surface area contributed by atoms with Gasteiger partial charge in [0.05, 0.1) is 4.92 Å². The molecule has 9 nitrogen and oxygen atoms in total. The van der Waals surface area contributed by atoms with E-state index in [9.17, 15) is 19.7 Å². The summed E-state index contributed by atoms with van der Waals surface area (Å²) in [5.41, 5.74) is 2.13. The summed E-state index contributed by atoms with van der Waals surface area (Å²) < 4.78 is 5.62. The van der Waals surface area contributed by atoms with E-state index in [1.165, 1.54) is 18.2 Å². The van der Waals surface area contributed by atoms with Gasteiger partial charge in [-0.3, -0.25) is 19.7 Å². The second kappa shape index (κ2) is 9.56. The number of non-ortho nitro benzene ring substituents is 1. The van der Waals surface area contributed by atoms with Gasteiger partial charge in [-0.05, 0) is 36.4 Å². The average Bonchev–Trinajstić information content (AvgIpc) is 3.35. The number of carbonyl (C=O) groups is 2. The molecule has 2 heterocycles. The minimum atomic E-state index is -0.478. The van der Waals surface area contributed by atoms with Crippen LogP contribution in [0, 0.1) is 10.1 Å². The van der Waals surface area contributed by atoms with Crippen LogP contribution in [-0.4, -0.2) is 47.8 Å². The Balaban J connectivity index is 1.37. The Kier molecular flexibility index (Phi) is 6.39. The molecule has 1 aromatic heterocycles. The largest absolute Gasteiger partial charge is 0.451 e. The Morgan fingerprint density at radius 2 is 1.76 bits per heavy atom. The molecule has 0 aliphatic carbocycles. The molecule has 1 aliphatic rings. The maximum absolute atomic E-state index is 12.6. The number of furan rings is 1. The van der Waals surface area contributed by atoms with E-state index in [0.717, 1.165) is 18.8 Å². The van der Waals surface area contributed by atoms with Crippen LogP contribution >= 0.6 is 0 Å². The number of hydrogen-bond acceptors (Lipinski definition) is 6. The van der Waals surface area contributed by atoms with Gasteiger partial charge in [-0.2, -0.15) is 0 Å². The summed E-state index contributed by atoms with van der Waals surface area (Å²) in [6, 6.07) is 16.7. The first-order valence-corrected chi connectivity index (χ1v) is 10.7. The Bertz CT molecular complexity index is 1160. The summed E-state index contributed by atoms with van der Waals surface area (Å²) in [5, 5.41) is 13.8. The maximum Gasteiger partial charge on any atom is 0.291 e. The van der Waals surface area contributed by atoms with Gasteiger partial charge in [-0.25, -0.2) is 0 Å². The number of nitro benzene ring substituents is 1. The van der Waals surface area contributed by atoms with Gasteiger partial charge in [0.25, 0.3) is 11.6 Å². The van der Waals surface area contributed by atoms with Crippen molar-refractivity contribution in [2.45, 2.75) is 13.3 Å². The van der Waals surface area contributed by atoms with Gasteiger partial charge in [0.2, 0.25) is 5.91 Å². The molecule has 0 radical (unpaired) electrons. The standard InChI is InChI=1S/C24H24N4O5/c1-2-23(29)27-14-12-26(13-15-27)19-8-6-18(7-9-19)25-24(30)22-11-10-21(33-22)17-4-3-5-20(16-17)28(31)32/h3-11,16H,2,12-15H2,1H3,(H,25,30). The fraction of sp³-hybridized carbons (Fsp3) is 0.250. The zero-order valence-corrected chi connectivity index (χ0v) is 18.2. The predicted molar refractivity (Wildman–Crippen MR) is 124 cm³/mol. The van der Waals surface area contributed by atoms with Gasteiger partial charge in [0.15, 0.2) is 5.76 Å². The summed E-state index contributed by atoms with van der Waals surface area (Å²) in [5.74, 6) is 0.252. The van der Waals surface area contributed by atoms with Crippen LogP contribution in [0.15, 0.2) is 65.1 Å². The third-order valence-electron chi connectivity index (χ3n) is 5.60. The molecule has 9 heteroatoms. The molecule has 0 bridgehead atoms. The van der Waals surface area contributed by atoms with E-state index in [-0.39, 0.29) is 17.4 Å². The zero-order chi connectivity index (χ0) is 23.4. The normalized spacial score (nSPS) is 13.6. The van der Waals surface area contributed by atoms with Gasteiger partial charge in [-0.1, -0.05) is 19.1 Å². The van der Waals surface area contributed by atoms with Crippen LogP contribution in [-0.2, 0) is 4.79 Å². The zero-order valence-electron chi connectivity index (χ0n) is 18.2. The van der Waals surface area contributed by atoms with Crippen molar-refractivity contribution in [3.8, 4) is 11.3 Å². The average molecular weight is 448 g/mol. The van der Waals surface area contributed by atoms with Crippen LogP contribution < -0.4 is 10.2 Å². The molecular formula is C24H24N4O5. The molecule has 0 saturated carbocycles. The molecular weight excluding hydrogens is 424 g/mol. The molecule has 2 aromatic carbocycles. The van der Waals surface area contributed by atoms with E-state index < -0.39 is 10.8 Å². The van der Waals surface area contributed by atoms with Crippen LogP contribution in [0.1, 0.15) is 23.9 Å². The van der Waals surface area contributed by atoms with Crippen molar-refractivity contribution in [3.05, 3.63) is 76.5 Å². The fourth-order valence-corrected chi connectivity index (χ4v) is 3.77. The lowest BCUT2D eigenvalue weighted by atomic mass is 10.1. The Labute approximate surface area is 190 Å². The molecule has 0 atom stereocenters. The summed E-state index contributed by atoms with van der Waals surface area (Å²) in [4.78, 5) is 39.0. The first kappa shape index (κ1) is 22.1. The third-order valence-corrected chi connectivity index (χ3v) is 5.60. The predicted octanol–water partition coefficient (Wildman–Crippen LogP) is 4.17. The number of carbonyl (C=O) groups excluding carboxylic acids is 2. The molecule has 170 valence electrons. The van der Waals surface area contributed by atoms with Crippen molar-refractivity contribution in [2.75, 3.05) is 36.4 Å². The summed E-state index contributed by atoms with van der Waals surface area (Å²) in [7, 11) is 0. The Morgan fingerprint density at radius 3 is 2.42 bits per heavy atom. The smallest absolute Gasteiger partial charge is 0.291 e. The second-order valence-electron chi connectivity index (χ2n) is 7.69. The van der Waals surface area contributed by atoms with Gasteiger partial charge in [0.1, 0.15) is 5.76 Å². The number of anilines is 2. The number of nitro groups is 1. The minimum Gasteiger partial charge on any atom is -0.451 e. The van der Waals surface area contributed by atoms with Crippen molar-refractivity contribution >= 4 is 28.9 Å². The number of amides is 2. The first-order chi connectivity index (χ1) is 15.9. The number of nitrogens with zero attached hydrogens (tertiary/aromatic N) is 3. The van der Waals surface area contributed by atoms with E-state index in [1.54, 1.807) is 18.2 Å². The number of rotatable bonds is 6. The molecule has 1 saturated heterocycles. The summed E-state index contributed by atoms with van der Waals surface area (Å²) in [6.45, 7) is 4.82. The third kappa shape index (κ3) is 5.03. The summed E-state index contributed by atoms with van der Waals surface area (Å²) >= 11 is 0. The molecule has 33 heavy (non-hydrogen) atoms. The second-order valence-corrected chi connectivity index (χ2v) is 7.69. The van der Waals surface area contributed by atoms with Crippen LogP contribution in [0.3, 0.4) is 0 Å². The Hall–Kier alpha value is -4.14. The number of nitrogens with one attached hydrogen (secondary N) is 1. The number of hydrogen-bond donors (Lipinski definition) is 1. The van der Waals surface area contributed by atoms with Crippen LogP contribution in [0.5, 0.6) is 0 Å². The highest BCUT2D eigenvalue weighted by molar-refractivity contribution is 6.02. The van der Waals surface area contributed by atoms with Crippen LogP contribution in [0.4, 0.5) is 17.1 Å². The quantitative estimate of drug-likeness (QED) is 0.448. The molecule has 1 N–H and O–H groups in total. The highest BCUT2D eigenvalue weighted by Crippen LogP contribution is 2.26. The van der Waals surface area contributed by atoms with Crippen molar-refractivity contribution in [1.29, 1.82) is 0 Å².